The van der Waals surface area contributed by atoms with Gasteiger partial charge in [0.25, 0.3) is 0 Å². The van der Waals surface area contributed by atoms with E-state index in [0.29, 0.717) is 0 Å². The molecule has 1 aliphatic carbocycles. The second-order valence-electron chi connectivity index (χ2n) is 4.17. The Balaban J connectivity index is 2.78. The van der Waals surface area contributed by atoms with Gasteiger partial charge in [0.1, 0.15) is 0 Å². The molecule has 0 unspecified atom stereocenters. The molecule has 0 spiro atoms. The van der Waals surface area contributed by atoms with Crippen molar-refractivity contribution in [2.45, 2.75) is 13.8 Å². The number of carbonyl (C=O) groups is 2. The summed E-state index contributed by atoms with van der Waals surface area (Å²) in [6.07, 6.45) is 1.03. The van der Waals surface area contributed by atoms with Crippen LogP contribution in [0.4, 0.5) is 4.39 Å². The monoisotopic (exact) mass is 216 g/mol. The molecule has 1 fully saturated rings. The molecule has 0 aliphatic heterocycles. The fraction of sp³-hybridized carbons (Fsp3) is 0.600. The third kappa shape index (κ3) is 2.00. The lowest BCUT2D eigenvalue weighted by molar-refractivity contribution is -0.140. The van der Waals surface area contributed by atoms with Gasteiger partial charge in [-0.1, -0.05) is 13.8 Å². The zero-order valence-electron chi connectivity index (χ0n) is 8.78. The second-order valence-corrected chi connectivity index (χ2v) is 4.17. The van der Waals surface area contributed by atoms with Gasteiger partial charge in [-0.3, -0.25) is 4.79 Å². The predicted molar refractivity (Wildman–Crippen MR) is 49.6 cm³/mol. The molecule has 4 nitrogen and oxygen atoms in total. The van der Waals surface area contributed by atoms with E-state index >= 15 is 0 Å². The Kier molecular flexibility index (Phi) is 2.83. The molecule has 0 saturated heterocycles. The quantitative estimate of drug-likeness (QED) is 0.571. The van der Waals surface area contributed by atoms with Gasteiger partial charge in [-0.05, 0) is 17.4 Å². The lowest BCUT2D eigenvalue weighted by Gasteiger charge is -1.97. The summed E-state index contributed by atoms with van der Waals surface area (Å²) in [6.45, 7) is 3.44. The van der Waals surface area contributed by atoms with E-state index < -0.39 is 35.0 Å². The van der Waals surface area contributed by atoms with Crippen molar-refractivity contribution in [2.75, 3.05) is 7.11 Å². The number of allylic oxidation sites excluding steroid dienone is 1. The van der Waals surface area contributed by atoms with Crippen LogP contribution in [0.2, 0.25) is 0 Å². The second kappa shape index (κ2) is 3.64. The SMILES string of the molecule is COC(=O)/C(F)=C\[C@H]1[C@@H](C(=O)O)C1(C)C. The summed E-state index contributed by atoms with van der Waals surface area (Å²) in [5.41, 5.74) is -0.503. The standard InChI is InChI=1S/C10H13FO4/c1-10(2)5(7(10)8(12)13)4-6(11)9(14)15-3/h4-5,7H,1-3H3,(H,12,13)/b6-4+/t5-,7-/m0/s1. The van der Waals surface area contributed by atoms with E-state index in [-0.39, 0.29) is 0 Å². The fourth-order valence-electron chi connectivity index (χ4n) is 1.78. The molecule has 1 N–H and O–H groups in total. The van der Waals surface area contributed by atoms with Crippen LogP contribution in [0, 0.1) is 17.3 Å². The maximum absolute atomic E-state index is 13.1. The Hall–Kier alpha value is -1.39. The van der Waals surface area contributed by atoms with Crippen LogP contribution < -0.4 is 0 Å². The average molecular weight is 216 g/mol. The van der Waals surface area contributed by atoms with Crippen molar-refractivity contribution in [1.82, 2.24) is 0 Å². The van der Waals surface area contributed by atoms with Gasteiger partial charge >= 0.3 is 11.9 Å². The molecule has 0 aromatic rings. The van der Waals surface area contributed by atoms with Crippen molar-refractivity contribution in [1.29, 1.82) is 0 Å². The first-order chi connectivity index (χ1) is 6.82. The number of ether oxygens (including phenoxy) is 1. The van der Waals surface area contributed by atoms with E-state index in [2.05, 4.69) is 4.74 Å². The molecule has 0 aromatic carbocycles. The first-order valence-corrected chi connectivity index (χ1v) is 4.50. The summed E-state index contributed by atoms with van der Waals surface area (Å²) < 4.78 is 17.2. The minimum atomic E-state index is -1.07. The molecule has 84 valence electrons. The molecule has 1 rings (SSSR count). The molecule has 1 aliphatic rings. The van der Waals surface area contributed by atoms with Crippen LogP contribution in [-0.4, -0.2) is 24.2 Å². The third-order valence-electron chi connectivity index (χ3n) is 2.88. The zero-order chi connectivity index (χ0) is 11.8. The Morgan fingerprint density at radius 2 is 2.00 bits per heavy atom. The van der Waals surface area contributed by atoms with E-state index in [1.54, 1.807) is 13.8 Å². The van der Waals surface area contributed by atoms with Gasteiger partial charge in [-0.25, -0.2) is 4.79 Å². The van der Waals surface area contributed by atoms with Crippen LogP contribution in [-0.2, 0) is 14.3 Å². The summed E-state index contributed by atoms with van der Waals surface area (Å²) in [5, 5.41) is 8.80. The van der Waals surface area contributed by atoms with Crippen LogP contribution in [0.1, 0.15) is 13.8 Å². The lowest BCUT2D eigenvalue weighted by atomic mass is 10.1. The molecule has 0 bridgehead atoms. The molecule has 0 radical (unpaired) electrons. The lowest BCUT2D eigenvalue weighted by Crippen LogP contribution is -2.03. The zero-order valence-corrected chi connectivity index (χ0v) is 8.78. The molecule has 5 heteroatoms. The van der Waals surface area contributed by atoms with Crippen LogP contribution in [0.15, 0.2) is 11.9 Å². The van der Waals surface area contributed by atoms with E-state index in [1.165, 1.54) is 0 Å². The Labute approximate surface area is 86.7 Å². The van der Waals surface area contributed by atoms with Gasteiger partial charge in [0.2, 0.25) is 5.83 Å². The smallest absolute Gasteiger partial charge is 0.366 e. The third-order valence-corrected chi connectivity index (χ3v) is 2.88. The Bertz CT molecular complexity index is 332. The topological polar surface area (TPSA) is 63.6 Å². The van der Waals surface area contributed by atoms with E-state index in [9.17, 15) is 14.0 Å². The van der Waals surface area contributed by atoms with Gasteiger partial charge < -0.3 is 9.84 Å². The van der Waals surface area contributed by atoms with Crippen LogP contribution in [0.25, 0.3) is 0 Å². The molecule has 2 atom stereocenters. The van der Waals surface area contributed by atoms with Crippen molar-refractivity contribution in [3.05, 3.63) is 11.9 Å². The van der Waals surface area contributed by atoms with E-state index in [1.807, 2.05) is 0 Å². The Morgan fingerprint density at radius 1 is 1.47 bits per heavy atom. The fourth-order valence-corrected chi connectivity index (χ4v) is 1.78. The largest absolute Gasteiger partial charge is 0.481 e. The molecule has 15 heavy (non-hydrogen) atoms. The number of carboxylic acid groups (broad SMARTS) is 1. The van der Waals surface area contributed by atoms with Crippen molar-refractivity contribution in [3.8, 4) is 0 Å². The van der Waals surface area contributed by atoms with Gasteiger partial charge in [0.15, 0.2) is 0 Å². The number of carbonyl (C=O) groups excluding carboxylic acids is 1. The molecule has 0 amide bonds. The van der Waals surface area contributed by atoms with Gasteiger partial charge in [0, 0.05) is 0 Å². The van der Waals surface area contributed by atoms with Gasteiger partial charge in [-0.15, -0.1) is 0 Å². The number of hydrogen-bond donors (Lipinski definition) is 1. The van der Waals surface area contributed by atoms with Crippen LogP contribution >= 0.6 is 0 Å². The molecular formula is C10H13FO4. The van der Waals surface area contributed by atoms with Gasteiger partial charge in [0.05, 0.1) is 13.0 Å². The number of halogens is 1. The minimum absolute atomic E-state index is 0.450. The minimum Gasteiger partial charge on any atom is -0.481 e. The van der Waals surface area contributed by atoms with Gasteiger partial charge in [-0.2, -0.15) is 4.39 Å². The summed E-state index contributed by atoms with van der Waals surface area (Å²) >= 11 is 0. The average Bonchev–Trinajstić information content (AvgIpc) is 2.66. The van der Waals surface area contributed by atoms with Crippen molar-refractivity contribution < 1.29 is 23.8 Å². The maximum Gasteiger partial charge on any atom is 0.366 e. The highest BCUT2D eigenvalue weighted by molar-refractivity contribution is 5.86. The molecule has 1 saturated carbocycles. The van der Waals surface area contributed by atoms with Crippen molar-refractivity contribution in [3.63, 3.8) is 0 Å². The molecular weight excluding hydrogens is 203 g/mol. The summed E-state index contributed by atoms with van der Waals surface area (Å²) in [4.78, 5) is 21.5. The van der Waals surface area contributed by atoms with E-state index in [4.69, 9.17) is 5.11 Å². The summed E-state index contributed by atoms with van der Waals surface area (Å²) in [7, 11) is 1.07. The van der Waals surface area contributed by atoms with Crippen LogP contribution in [0.5, 0.6) is 0 Å². The first-order valence-electron chi connectivity index (χ1n) is 4.50. The number of hydrogen-bond acceptors (Lipinski definition) is 3. The first kappa shape index (κ1) is 11.7. The highest BCUT2D eigenvalue weighted by Crippen LogP contribution is 2.59. The number of carboxylic acids is 1. The summed E-state index contributed by atoms with van der Waals surface area (Å²) in [5.74, 6) is -4.15. The van der Waals surface area contributed by atoms with Crippen molar-refractivity contribution in [2.24, 2.45) is 17.3 Å². The predicted octanol–water partition coefficient (Wildman–Crippen LogP) is 1.37. The van der Waals surface area contributed by atoms with Crippen LogP contribution in [0.3, 0.4) is 0 Å². The highest BCUT2D eigenvalue weighted by atomic mass is 19.1. The number of methoxy groups -OCH3 is 1. The maximum atomic E-state index is 13.1. The number of aliphatic carboxylic acids is 1. The number of rotatable bonds is 3. The number of esters is 1. The Morgan fingerprint density at radius 3 is 2.33 bits per heavy atom. The van der Waals surface area contributed by atoms with E-state index in [0.717, 1.165) is 13.2 Å². The molecule has 0 heterocycles. The summed E-state index contributed by atoms with van der Waals surface area (Å²) in [6, 6.07) is 0. The normalized spacial score (nSPS) is 28.4. The highest BCUT2D eigenvalue weighted by Gasteiger charge is 2.61. The molecule has 0 aromatic heterocycles. The van der Waals surface area contributed by atoms with Crippen molar-refractivity contribution >= 4 is 11.9 Å².